The van der Waals surface area contributed by atoms with Crippen LogP contribution in [0.25, 0.3) is 21.9 Å². The number of fused-ring (bicyclic) bond motifs is 14. The van der Waals surface area contributed by atoms with Crippen LogP contribution in [0.2, 0.25) is 0 Å². The molecule has 6 aromatic carbocycles. The SMILES string of the molecule is Cc1cc2c3c(c1)N1c4c(cc(C(C)(C)C)cc4C4(C)CCCCC14C)B3c1ccc(N3c4cc5c(cc4C4(C)CCCCC34C)C(C)(C)CCC5(C)C)cc1N2c1ccc2c(c1)oc1ccccc12. The standard InChI is InChI=1S/C65H72BN3O/c1-39-31-53-57-54(32-39)69-58-48(63(10)26-16-18-28-65(63,69)12)33-40(59(2,3)4)34-50(58)66(57)49-24-22-42(35-52(49)67(53)41-21-23-44-43-19-13-14-20-55(43)70-56(44)36-41)68-51-38-46-45(60(5,6)29-30-61(46,7)8)37-47(51)62(9)25-15-17-27-64(62,68)11/h13-14,19-24,31-38H,15-18,25-30H2,1-12H3. The van der Waals surface area contributed by atoms with Crippen molar-refractivity contribution in [1.82, 2.24) is 0 Å². The van der Waals surface area contributed by atoms with Gasteiger partial charge in [-0.05, 0) is 174 Å². The van der Waals surface area contributed by atoms with Gasteiger partial charge in [-0.3, -0.25) is 0 Å². The Kier molecular flexibility index (Phi) is 8.40. The molecule has 4 aliphatic heterocycles. The van der Waals surface area contributed by atoms with Crippen LogP contribution in [-0.4, -0.2) is 17.8 Å². The Bertz CT molecular complexity index is 3460. The summed E-state index contributed by atoms with van der Waals surface area (Å²) in [5, 5.41) is 2.34. The summed E-state index contributed by atoms with van der Waals surface area (Å²) in [5.41, 5.74) is 24.8. The highest BCUT2D eigenvalue weighted by molar-refractivity contribution is 7.00. The molecule has 0 radical (unpaired) electrons. The van der Waals surface area contributed by atoms with Gasteiger partial charge in [-0.15, -0.1) is 0 Å². The highest BCUT2D eigenvalue weighted by Gasteiger charge is 2.62. The third kappa shape index (κ3) is 5.25. The molecular formula is C65H72BN3O. The van der Waals surface area contributed by atoms with Crippen molar-refractivity contribution >= 4 is 84.9 Å². The van der Waals surface area contributed by atoms with E-state index in [1.54, 1.807) is 22.3 Å². The van der Waals surface area contributed by atoms with Gasteiger partial charge in [0.25, 0.3) is 6.71 Å². The van der Waals surface area contributed by atoms with Crippen molar-refractivity contribution in [2.24, 2.45) is 0 Å². The van der Waals surface area contributed by atoms with Crippen LogP contribution in [0.5, 0.6) is 0 Å². The quantitative estimate of drug-likeness (QED) is 0.161. The van der Waals surface area contributed by atoms with E-state index in [2.05, 4.69) is 195 Å². The van der Waals surface area contributed by atoms with E-state index in [1.165, 1.54) is 137 Å². The predicted molar refractivity (Wildman–Crippen MR) is 297 cm³/mol. The first-order chi connectivity index (χ1) is 33.2. The fourth-order valence-electron chi connectivity index (χ4n) is 16.4. The Balaban J connectivity index is 1.07. The highest BCUT2D eigenvalue weighted by Crippen LogP contribution is 2.65. The molecule has 0 spiro atoms. The molecule has 2 saturated carbocycles. The maximum Gasteiger partial charge on any atom is 0.252 e. The second-order valence-corrected chi connectivity index (χ2v) is 26.7. The molecule has 3 aliphatic carbocycles. The van der Waals surface area contributed by atoms with Gasteiger partial charge in [-0.25, -0.2) is 0 Å². The number of aryl methyl sites for hydroxylation is 1. The highest BCUT2D eigenvalue weighted by atomic mass is 16.3. The molecule has 1 aromatic heterocycles. The van der Waals surface area contributed by atoms with E-state index in [4.69, 9.17) is 4.42 Å². The Morgan fingerprint density at radius 2 is 1.13 bits per heavy atom. The van der Waals surface area contributed by atoms with E-state index >= 15 is 0 Å². The average Bonchev–Trinajstić information content (AvgIpc) is 3.86. The molecule has 0 saturated heterocycles. The molecule has 7 aromatic rings. The molecule has 5 heteroatoms. The van der Waals surface area contributed by atoms with Crippen LogP contribution in [0, 0.1) is 6.92 Å². The zero-order valence-electron chi connectivity index (χ0n) is 44.1. The molecule has 0 N–H and O–H groups in total. The zero-order chi connectivity index (χ0) is 48.4. The lowest BCUT2D eigenvalue weighted by molar-refractivity contribution is 0.194. The summed E-state index contributed by atoms with van der Waals surface area (Å²) in [6, 6.07) is 39.1. The van der Waals surface area contributed by atoms with Crippen LogP contribution in [0.4, 0.5) is 39.8 Å². The molecule has 356 valence electrons. The van der Waals surface area contributed by atoms with E-state index in [0.717, 1.165) is 16.9 Å². The lowest BCUT2D eigenvalue weighted by atomic mass is 9.33. The molecule has 5 heterocycles. The van der Waals surface area contributed by atoms with E-state index in [0.29, 0.717) is 0 Å². The summed E-state index contributed by atoms with van der Waals surface area (Å²) in [6.45, 7) is 30.2. The van der Waals surface area contributed by atoms with Crippen molar-refractivity contribution in [3.63, 3.8) is 0 Å². The molecular weight excluding hydrogens is 850 g/mol. The smallest absolute Gasteiger partial charge is 0.252 e. The first kappa shape index (κ1) is 43.4. The number of rotatable bonds is 2. The Labute approximate surface area is 417 Å². The molecule has 14 rings (SSSR count). The van der Waals surface area contributed by atoms with Crippen molar-refractivity contribution in [1.29, 1.82) is 0 Å². The maximum atomic E-state index is 6.74. The monoisotopic (exact) mass is 922 g/mol. The van der Waals surface area contributed by atoms with Crippen molar-refractivity contribution in [2.75, 3.05) is 14.7 Å². The van der Waals surface area contributed by atoms with Crippen molar-refractivity contribution < 1.29 is 4.42 Å². The summed E-state index contributed by atoms with van der Waals surface area (Å²) in [6.07, 6.45) is 12.3. The van der Waals surface area contributed by atoms with Gasteiger partial charge in [-0.1, -0.05) is 130 Å². The lowest BCUT2D eigenvalue weighted by Gasteiger charge is -2.53. The van der Waals surface area contributed by atoms with Gasteiger partial charge in [0, 0.05) is 67.5 Å². The van der Waals surface area contributed by atoms with E-state index in [-0.39, 0.29) is 44.9 Å². The molecule has 4 nitrogen and oxygen atoms in total. The molecule has 0 bridgehead atoms. The van der Waals surface area contributed by atoms with Crippen molar-refractivity contribution in [3.8, 4) is 0 Å². The molecule has 4 atom stereocenters. The van der Waals surface area contributed by atoms with Gasteiger partial charge in [0.05, 0.1) is 11.1 Å². The average molecular weight is 922 g/mol. The number of anilines is 7. The summed E-state index contributed by atoms with van der Waals surface area (Å²) in [5.74, 6) is 0. The second kappa shape index (κ2) is 13.5. The van der Waals surface area contributed by atoms with Crippen LogP contribution in [0.3, 0.4) is 0 Å². The predicted octanol–water partition coefficient (Wildman–Crippen LogP) is 15.6. The largest absolute Gasteiger partial charge is 0.456 e. The second-order valence-electron chi connectivity index (χ2n) is 26.7. The molecule has 4 unspecified atom stereocenters. The fraction of sp³-hybridized carbons (Fsp3) is 0.446. The van der Waals surface area contributed by atoms with Crippen LogP contribution in [0.15, 0.2) is 101 Å². The first-order valence-electron chi connectivity index (χ1n) is 27.2. The van der Waals surface area contributed by atoms with E-state index < -0.39 is 0 Å². The number of hydrogen-bond donors (Lipinski definition) is 0. The van der Waals surface area contributed by atoms with Crippen LogP contribution in [-0.2, 0) is 27.1 Å². The zero-order valence-corrected chi connectivity index (χ0v) is 44.1. The Hall–Kier alpha value is -5.42. The molecule has 2 fully saturated rings. The summed E-state index contributed by atoms with van der Waals surface area (Å²) >= 11 is 0. The first-order valence-corrected chi connectivity index (χ1v) is 27.2. The van der Waals surface area contributed by atoms with Gasteiger partial charge in [0.2, 0.25) is 0 Å². The molecule has 70 heavy (non-hydrogen) atoms. The third-order valence-corrected chi connectivity index (χ3v) is 21.0. The number of benzene rings is 6. The minimum Gasteiger partial charge on any atom is -0.456 e. The number of hydrogen-bond acceptors (Lipinski definition) is 4. The normalized spacial score (nSPS) is 27.5. The van der Waals surface area contributed by atoms with E-state index in [1.807, 2.05) is 0 Å². The van der Waals surface area contributed by atoms with Gasteiger partial charge in [0.15, 0.2) is 0 Å². The Morgan fingerprint density at radius 3 is 1.86 bits per heavy atom. The number of para-hydroxylation sites is 1. The van der Waals surface area contributed by atoms with Crippen molar-refractivity contribution in [3.05, 3.63) is 130 Å². The van der Waals surface area contributed by atoms with Gasteiger partial charge in [-0.2, -0.15) is 0 Å². The number of nitrogens with zero attached hydrogens (tertiary/aromatic N) is 3. The van der Waals surface area contributed by atoms with Crippen molar-refractivity contribution in [2.45, 2.75) is 185 Å². The topological polar surface area (TPSA) is 22.9 Å². The van der Waals surface area contributed by atoms with Crippen LogP contribution >= 0.6 is 0 Å². The summed E-state index contributed by atoms with van der Waals surface area (Å²) in [4.78, 5) is 8.41. The third-order valence-electron chi connectivity index (χ3n) is 21.0. The minimum absolute atomic E-state index is 0.000350. The van der Waals surface area contributed by atoms with Gasteiger partial charge < -0.3 is 19.1 Å². The van der Waals surface area contributed by atoms with Gasteiger partial charge >= 0.3 is 0 Å². The van der Waals surface area contributed by atoms with Crippen LogP contribution in [0.1, 0.15) is 174 Å². The maximum absolute atomic E-state index is 6.74. The molecule has 0 amide bonds. The van der Waals surface area contributed by atoms with E-state index in [9.17, 15) is 0 Å². The van der Waals surface area contributed by atoms with Crippen LogP contribution < -0.4 is 31.1 Å². The summed E-state index contributed by atoms with van der Waals surface area (Å²) < 4.78 is 6.74. The fourth-order valence-corrected chi connectivity index (χ4v) is 16.4. The number of furan rings is 1. The van der Waals surface area contributed by atoms with Gasteiger partial charge in [0.1, 0.15) is 11.2 Å². The Morgan fingerprint density at radius 1 is 0.500 bits per heavy atom. The summed E-state index contributed by atoms with van der Waals surface area (Å²) in [7, 11) is 0. The lowest BCUT2D eigenvalue weighted by Crippen LogP contribution is -2.64. The minimum atomic E-state index is -0.0806. The molecule has 7 aliphatic rings.